The molecule has 5 nitrogen and oxygen atoms in total. The summed E-state index contributed by atoms with van der Waals surface area (Å²) < 4.78 is 0. The first kappa shape index (κ1) is 19.2. The highest BCUT2D eigenvalue weighted by molar-refractivity contribution is 5.85. The molecule has 2 N–H and O–H groups in total. The van der Waals surface area contributed by atoms with E-state index < -0.39 is 5.97 Å². The Hall–Kier alpha value is -0.810. The summed E-state index contributed by atoms with van der Waals surface area (Å²) in [5.41, 5.74) is 0. The number of nitrogens with one attached hydrogen (secondary N) is 1. The summed E-state index contributed by atoms with van der Waals surface area (Å²) >= 11 is 0. The zero-order valence-electron chi connectivity index (χ0n) is 12.4. The summed E-state index contributed by atoms with van der Waals surface area (Å²) in [6, 6.07) is 0.259. The lowest BCUT2D eigenvalue weighted by atomic mass is 9.86. The van der Waals surface area contributed by atoms with Crippen LogP contribution in [-0.4, -0.2) is 47.6 Å². The molecule has 0 bridgehead atoms. The zero-order valence-corrected chi connectivity index (χ0v) is 13.2. The number of hydrogen-bond acceptors (Lipinski definition) is 3. The molecule has 0 aromatic rings. The van der Waals surface area contributed by atoms with Crippen LogP contribution in [0.15, 0.2) is 0 Å². The highest BCUT2D eigenvalue weighted by Crippen LogP contribution is 2.23. The predicted octanol–water partition coefficient (Wildman–Crippen LogP) is 1.90. The minimum absolute atomic E-state index is 0. The van der Waals surface area contributed by atoms with Crippen LogP contribution in [0.4, 0.5) is 0 Å². The van der Waals surface area contributed by atoms with E-state index in [0.29, 0.717) is 12.5 Å². The number of rotatable bonds is 7. The first-order valence-electron chi connectivity index (χ1n) is 7.26. The van der Waals surface area contributed by atoms with Crippen LogP contribution in [0.1, 0.15) is 46.0 Å². The van der Waals surface area contributed by atoms with Gasteiger partial charge in [-0.1, -0.05) is 26.7 Å². The fourth-order valence-electron chi connectivity index (χ4n) is 2.71. The van der Waals surface area contributed by atoms with Crippen LogP contribution in [0, 0.1) is 5.92 Å². The monoisotopic (exact) mass is 306 g/mol. The second kappa shape index (κ2) is 10.00. The zero-order chi connectivity index (χ0) is 14.3. The number of carboxylic acid groups (broad SMARTS) is 1. The molecule has 1 saturated carbocycles. The SMILES string of the molecule is CCCN(CC(=O)O)CC(=O)NC1CCCCC1C.Cl. The third-order valence-corrected chi connectivity index (χ3v) is 3.72. The number of halogens is 1. The maximum Gasteiger partial charge on any atom is 0.317 e. The maximum atomic E-state index is 12.0. The standard InChI is InChI=1S/C14H26N2O3.ClH/c1-3-8-16(10-14(18)19)9-13(17)15-12-7-5-4-6-11(12)2;/h11-12H,3-10H2,1-2H3,(H,15,17)(H,18,19);1H. The van der Waals surface area contributed by atoms with Crippen molar-refractivity contribution >= 4 is 24.3 Å². The van der Waals surface area contributed by atoms with E-state index in [9.17, 15) is 9.59 Å². The number of amides is 1. The second-order valence-electron chi connectivity index (χ2n) is 5.54. The van der Waals surface area contributed by atoms with Crippen molar-refractivity contribution in [2.45, 2.75) is 52.0 Å². The molecular weight excluding hydrogens is 280 g/mol. The van der Waals surface area contributed by atoms with E-state index in [2.05, 4.69) is 12.2 Å². The van der Waals surface area contributed by atoms with Gasteiger partial charge in [0.15, 0.2) is 0 Å². The predicted molar refractivity (Wildman–Crippen MR) is 81.2 cm³/mol. The van der Waals surface area contributed by atoms with Crippen molar-refractivity contribution < 1.29 is 14.7 Å². The van der Waals surface area contributed by atoms with E-state index in [1.165, 1.54) is 19.3 Å². The van der Waals surface area contributed by atoms with E-state index in [-0.39, 0.29) is 37.4 Å². The van der Waals surface area contributed by atoms with Gasteiger partial charge in [0.1, 0.15) is 0 Å². The van der Waals surface area contributed by atoms with Crippen molar-refractivity contribution in [2.24, 2.45) is 5.92 Å². The summed E-state index contributed by atoms with van der Waals surface area (Å²) in [6.07, 6.45) is 5.47. The van der Waals surface area contributed by atoms with E-state index in [0.717, 1.165) is 12.8 Å². The summed E-state index contributed by atoms with van der Waals surface area (Å²) in [5.74, 6) is -0.405. The molecule has 0 aliphatic heterocycles. The summed E-state index contributed by atoms with van der Waals surface area (Å²) in [7, 11) is 0. The molecule has 6 heteroatoms. The van der Waals surface area contributed by atoms with Crippen molar-refractivity contribution in [1.29, 1.82) is 0 Å². The van der Waals surface area contributed by atoms with Crippen molar-refractivity contribution in [3.05, 3.63) is 0 Å². The lowest BCUT2D eigenvalue weighted by molar-refractivity contribution is -0.138. The first-order chi connectivity index (χ1) is 9.02. The topological polar surface area (TPSA) is 69.6 Å². The van der Waals surface area contributed by atoms with Crippen LogP contribution in [0.2, 0.25) is 0 Å². The number of carbonyl (C=O) groups excluding carboxylic acids is 1. The normalized spacial score (nSPS) is 22.1. The molecule has 1 aliphatic rings. The van der Waals surface area contributed by atoms with Crippen LogP contribution < -0.4 is 5.32 Å². The number of aliphatic carboxylic acids is 1. The fourth-order valence-corrected chi connectivity index (χ4v) is 2.71. The molecule has 0 aromatic carbocycles. The molecule has 1 rings (SSSR count). The highest BCUT2D eigenvalue weighted by atomic mass is 35.5. The molecule has 0 aromatic heterocycles. The highest BCUT2D eigenvalue weighted by Gasteiger charge is 2.23. The third kappa shape index (κ3) is 7.10. The van der Waals surface area contributed by atoms with E-state index in [4.69, 9.17) is 5.11 Å². The van der Waals surface area contributed by atoms with Crippen LogP contribution in [0.3, 0.4) is 0 Å². The summed E-state index contributed by atoms with van der Waals surface area (Å²) in [5, 5.41) is 11.9. The van der Waals surface area contributed by atoms with Gasteiger partial charge in [0.05, 0.1) is 13.1 Å². The molecule has 118 valence electrons. The quantitative estimate of drug-likeness (QED) is 0.754. The van der Waals surface area contributed by atoms with Crippen LogP contribution in [0.25, 0.3) is 0 Å². The summed E-state index contributed by atoms with van der Waals surface area (Å²) in [6.45, 7) is 4.91. The van der Waals surface area contributed by atoms with Gasteiger partial charge >= 0.3 is 5.97 Å². The minimum Gasteiger partial charge on any atom is -0.480 e. The Morgan fingerprint density at radius 3 is 2.45 bits per heavy atom. The largest absolute Gasteiger partial charge is 0.480 e. The Morgan fingerprint density at radius 1 is 1.25 bits per heavy atom. The van der Waals surface area contributed by atoms with Gasteiger partial charge in [0.25, 0.3) is 0 Å². The maximum absolute atomic E-state index is 12.0. The summed E-state index contributed by atoms with van der Waals surface area (Å²) in [4.78, 5) is 24.4. The van der Waals surface area contributed by atoms with Gasteiger partial charge < -0.3 is 10.4 Å². The van der Waals surface area contributed by atoms with Gasteiger partial charge in [-0.2, -0.15) is 0 Å². The molecule has 2 atom stereocenters. The van der Waals surface area contributed by atoms with Gasteiger partial charge in [-0.3, -0.25) is 14.5 Å². The van der Waals surface area contributed by atoms with Gasteiger partial charge in [-0.05, 0) is 31.7 Å². The number of nitrogens with zero attached hydrogens (tertiary/aromatic N) is 1. The van der Waals surface area contributed by atoms with Crippen LogP contribution >= 0.6 is 12.4 Å². The molecule has 1 fully saturated rings. The van der Waals surface area contributed by atoms with Gasteiger partial charge in [0.2, 0.25) is 5.91 Å². The Labute approximate surface area is 127 Å². The smallest absolute Gasteiger partial charge is 0.317 e. The molecule has 0 heterocycles. The fraction of sp³-hybridized carbons (Fsp3) is 0.857. The van der Waals surface area contributed by atoms with Gasteiger partial charge in [-0.15, -0.1) is 12.4 Å². The number of carboxylic acids is 1. The van der Waals surface area contributed by atoms with Gasteiger partial charge in [0, 0.05) is 6.04 Å². The Kier molecular flexibility index (Phi) is 9.59. The van der Waals surface area contributed by atoms with E-state index in [1.54, 1.807) is 4.90 Å². The van der Waals surface area contributed by atoms with E-state index in [1.807, 2.05) is 6.92 Å². The molecule has 0 radical (unpaired) electrons. The molecule has 20 heavy (non-hydrogen) atoms. The van der Waals surface area contributed by atoms with E-state index >= 15 is 0 Å². The third-order valence-electron chi connectivity index (χ3n) is 3.72. The molecule has 0 saturated heterocycles. The average molecular weight is 307 g/mol. The Bertz CT molecular complexity index is 313. The van der Waals surface area contributed by atoms with Crippen LogP contribution in [0.5, 0.6) is 0 Å². The number of carbonyl (C=O) groups is 2. The van der Waals surface area contributed by atoms with Crippen molar-refractivity contribution in [3.8, 4) is 0 Å². The van der Waals surface area contributed by atoms with Gasteiger partial charge in [-0.25, -0.2) is 0 Å². The Balaban J connectivity index is 0.00000361. The lowest BCUT2D eigenvalue weighted by Crippen LogP contribution is -2.46. The molecule has 0 spiro atoms. The van der Waals surface area contributed by atoms with Crippen molar-refractivity contribution in [3.63, 3.8) is 0 Å². The van der Waals surface area contributed by atoms with Crippen LogP contribution in [-0.2, 0) is 9.59 Å². The molecule has 1 amide bonds. The van der Waals surface area contributed by atoms with Crippen molar-refractivity contribution in [1.82, 2.24) is 10.2 Å². The Morgan fingerprint density at radius 2 is 1.90 bits per heavy atom. The first-order valence-corrected chi connectivity index (χ1v) is 7.26. The lowest BCUT2D eigenvalue weighted by Gasteiger charge is -2.30. The number of hydrogen-bond donors (Lipinski definition) is 2. The average Bonchev–Trinajstić information content (AvgIpc) is 2.31. The molecule has 1 aliphatic carbocycles. The van der Waals surface area contributed by atoms with Crippen molar-refractivity contribution in [2.75, 3.05) is 19.6 Å². The molecule has 2 unspecified atom stereocenters. The second-order valence-corrected chi connectivity index (χ2v) is 5.54. The minimum atomic E-state index is -0.882. The molecular formula is C14H27ClN2O3.